The largest absolute Gasteiger partial charge is 0.318 e. The zero-order valence-corrected chi connectivity index (χ0v) is 15.8. The van der Waals surface area contributed by atoms with Crippen molar-refractivity contribution in [2.24, 2.45) is 0 Å². The van der Waals surface area contributed by atoms with E-state index < -0.39 is 11.7 Å². The third-order valence-corrected chi connectivity index (χ3v) is 4.95. The van der Waals surface area contributed by atoms with Crippen LogP contribution in [0.4, 0.5) is 10.1 Å². The number of rotatable bonds is 3. The van der Waals surface area contributed by atoms with Gasteiger partial charge < -0.3 is 5.32 Å². The summed E-state index contributed by atoms with van der Waals surface area (Å²) in [6, 6.07) is 3.96. The van der Waals surface area contributed by atoms with E-state index >= 15 is 0 Å². The number of pyridine rings is 1. The van der Waals surface area contributed by atoms with Gasteiger partial charge >= 0.3 is 0 Å². The predicted molar refractivity (Wildman–Crippen MR) is 96.1 cm³/mol. The van der Waals surface area contributed by atoms with Gasteiger partial charge in [0.05, 0.1) is 26.4 Å². The molecule has 0 fully saturated rings. The maximum Gasteiger partial charge on any atom is 0.276 e. The summed E-state index contributed by atoms with van der Waals surface area (Å²) in [5, 5.41) is 12.8. The van der Waals surface area contributed by atoms with Crippen molar-refractivity contribution in [2.45, 2.75) is 6.92 Å². The van der Waals surface area contributed by atoms with Crippen molar-refractivity contribution in [2.75, 3.05) is 5.32 Å². The molecule has 0 spiro atoms. The van der Waals surface area contributed by atoms with Gasteiger partial charge in [-0.25, -0.2) is 9.37 Å². The summed E-state index contributed by atoms with van der Waals surface area (Å²) in [4.78, 5) is 16.2. The van der Waals surface area contributed by atoms with Gasteiger partial charge in [0.2, 0.25) is 0 Å². The van der Waals surface area contributed by atoms with Crippen LogP contribution in [0.2, 0.25) is 20.2 Å². The second kappa shape index (κ2) is 7.32. The molecule has 1 aromatic carbocycles. The molecule has 7 nitrogen and oxygen atoms in total. The van der Waals surface area contributed by atoms with E-state index in [-0.39, 0.29) is 31.6 Å². The maximum atomic E-state index is 14.1. The quantitative estimate of drug-likeness (QED) is 0.617. The van der Waals surface area contributed by atoms with E-state index in [9.17, 15) is 9.18 Å². The van der Waals surface area contributed by atoms with Crippen LogP contribution in [-0.4, -0.2) is 31.1 Å². The molecule has 26 heavy (non-hydrogen) atoms. The molecule has 3 rings (SSSR count). The summed E-state index contributed by atoms with van der Waals surface area (Å²) in [5.74, 6) is -1.02. The lowest BCUT2D eigenvalue weighted by atomic mass is 10.2. The van der Waals surface area contributed by atoms with Crippen molar-refractivity contribution in [3.05, 3.63) is 55.8 Å². The van der Waals surface area contributed by atoms with E-state index in [1.165, 1.54) is 16.8 Å². The molecule has 0 aliphatic carbocycles. The van der Waals surface area contributed by atoms with Crippen LogP contribution in [0.15, 0.2) is 18.2 Å². The van der Waals surface area contributed by atoms with E-state index in [0.717, 1.165) is 6.07 Å². The average Bonchev–Trinajstić information content (AvgIpc) is 3.04. The molecular weight excluding hydrogens is 429 g/mol. The fourth-order valence-corrected chi connectivity index (χ4v) is 2.84. The fraction of sp³-hybridized carbons (Fsp3) is 0.0714. The number of hydrogen-bond acceptors (Lipinski definition) is 5. The Labute approximate surface area is 166 Å². The highest BCUT2D eigenvalue weighted by molar-refractivity contribution is 6.52. The lowest BCUT2D eigenvalue weighted by Crippen LogP contribution is -2.16. The van der Waals surface area contributed by atoms with Gasteiger partial charge in [0.25, 0.3) is 5.91 Å². The Morgan fingerprint density at radius 2 is 1.88 bits per heavy atom. The van der Waals surface area contributed by atoms with Crippen LogP contribution >= 0.6 is 46.4 Å². The number of halogens is 5. The molecule has 0 saturated heterocycles. The first-order valence-electron chi connectivity index (χ1n) is 6.86. The van der Waals surface area contributed by atoms with E-state index in [2.05, 4.69) is 25.8 Å². The molecule has 0 radical (unpaired) electrons. The molecule has 3 aromatic rings. The lowest BCUT2D eigenvalue weighted by Gasteiger charge is -2.11. The van der Waals surface area contributed by atoms with Crippen LogP contribution in [0.1, 0.15) is 16.3 Å². The number of aryl methyl sites for hydroxylation is 1. The molecule has 0 unspecified atom stereocenters. The maximum absolute atomic E-state index is 14.1. The third kappa shape index (κ3) is 3.45. The van der Waals surface area contributed by atoms with Crippen LogP contribution in [0.3, 0.4) is 0 Å². The third-order valence-electron chi connectivity index (χ3n) is 3.27. The topological polar surface area (TPSA) is 85.6 Å². The highest BCUT2D eigenvalue weighted by Gasteiger charge is 2.21. The summed E-state index contributed by atoms with van der Waals surface area (Å²) in [6.07, 6.45) is 0. The standard InChI is InChI=1S/C14H7Cl4FN6O/c1-5-22-23-24-25(5)6-2-3-7(19)8(4-6)20-14(26)12-10(16)9(15)11(17)13(18)21-12/h2-4H,1H3,(H,20,26). The molecule has 1 amide bonds. The van der Waals surface area contributed by atoms with Gasteiger partial charge in [-0.3, -0.25) is 4.79 Å². The van der Waals surface area contributed by atoms with Gasteiger partial charge in [-0.1, -0.05) is 46.4 Å². The van der Waals surface area contributed by atoms with Gasteiger partial charge in [-0.2, -0.15) is 4.68 Å². The number of tetrazole rings is 1. The molecule has 2 heterocycles. The number of carbonyl (C=O) groups excluding carboxylic acids is 1. The van der Waals surface area contributed by atoms with Crippen molar-refractivity contribution in [1.82, 2.24) is 25.2 Å². The van der Waals surface area contributed by atoms with Crippen molar-refractivity contribution < 1.29 is 9.18 Å². The normalized spacial score (nSPS) is 10.8. The number of amides is 1. The highest BCUT2D eigenvalue weighted by Crippen LogP contribution is 2.36. The van der Waals surface area contributed by atoms with Gasteiger partial charge in [0.1, 0.15) is 16.7 Å². The monoisotopic (exact) mass is 434 g/mol. The van der Waals surface area contributed by atoms with Crippen molar-refractivity contribution >= 4 is 58.0 Å². The predicted octanol–water partition coefficient (Wildman–Crippen LogP) is 4.37. The van der Waals surface area contributed by atoms with E-state index in [1.807, 2.05) is 0 Å². The van der Waals surface area contributed by atoms with E-state index in [0.29, 0.717) is 11.5 Å². The number of hydrogen-bond donors (Lipinski definition) is 1. The van der Waals surface area contributed by atoms with Crippen LogP contribution in [0, 0.1) is 12.7 Å². The molecule has 134 valence electrons. The first-order valence-corrected chi connectivity index (χ1v) is 8.37. The number of benzene rings is 1. The minimum Gasteiger partial charge on any atom is -0.318 e. The molecule has 0 atom stereocenters. The highest BCUT2D eigenvalue weighted by atomic mass is 35.5. The van der Waals surface area contributed by atoms with Crippen molar-refractivity contribution in [3.8, 4) is 5.69 Å². The molecule has 0 aliphatic heterocycles. The summed E-state index contributed by atoms with van der Waals surface area (Å²) in [7, 11) is 0. The summed E-state index contributed by atoms with van der Waals surface area (Å²) >= 11 is 23.5. The van der Waals surface area contributed by atoms with Gasteiger partial charge in [-0.05, 0) is 35.5 Å². The smallest absolute Gasteiger partial charge is 0.276 e. The first kappa shape index (κ1) is 18.8. The Morgan fingerprint density at radius 3 is 2.54 bits per heavy atom. The SMILES string of the molecule is Cc1nnnn1-c1ccc(F)c(NC(=O)c2nc(Cl)c(Cl)c(Cl)c2Cl)c1. The minimum absolute atomic E-state index is 0.0859. The van der Waals surface area contributed by atoms with Crippen LogP contribution in [0.5, 0.6) is 0 Å². The van der Waals surface area contributed by atoms with Gasteiger partial charge in [0, 0.05) is 0 Å². The Hall–Kier alpha value is -2.00. The summed E-state index contributed by atoms with van der Waals surface area (Å²) in [5.41, 5.74) is 0.00682. The van der Waals surface area contributed by atoms with Crippen LogP contribution < -0.4 is 5.32 Å². The van der Waals surface area contributed by atoms with Crippen molar-refractivity contribution in [3.63, 3.8) is 0 Å². The second-order valence-corrected chi connectivity index (χ2v) is 6.44. The molecule has 2 aromatic heterocycles. The lowest BCUT2D eigenvalue weighted by molar-refractivity contribution is 0.102. The number of nitrogens with zero attached hydrogens (tertiary/aromatic N) is 5. The van der Waals surface area contributed by atoms with E-state index in [1.54, 1.807) is 6.92 Å². The minimum atomic E-state index is -0.819. The molecule has 12 heteroatoms. The molecule has 0 saturated carbocycles. The Morgan fingerprint density at radius 1 is 1.15 bits per heavy atom. The first-order chi connectivity index (χ1) is 12.3. The molecular formula is C14H7Cl4FN6O. The average molecular weight is 436 g/mol. The Bertz CT molecular complexity index is 1020. The molecule has 0 aliphatic rings. The Kier molecular flexibility index (Phi) is 5.29. The summed E-state index contributed by atoms with van der Waals surface area (Å²) in [6.45, 7) is 1.67. The Balaban J connectivity index is 1.97. The zero-order chi connectivity index (χ0) is 19.0. The number of aromatic nitrogens is 5. The second-order valence-electron chi connectivity index (χ2n) is 4.95. The zero-order valence-electron chi connectivity index (χ0n) is 12.8. The summed E-state index contributed by atoms with van der Waals surface area (Å²) < 4.78 is 15.5. The van der Waals surface area contributed by atoms with Gasteiger partial charge in [0.15, 0.2) is 5.82 Å². The molecule has 1 N–H and O–H groups in total. The van der Waals surface area contributed by atoms with E-state index in [4.69, 9.17) is 46.4 Å². The van der Waals surface area contributed by atoms with Gasteiger partial charge in [-0.15, -0.1) is 5.10 Å². The van der Waals surface area contributed by atoms with Crippen LogP contribution in [-0.2, 0) is 0 Å². The fourth-order valence-electron chi connectivity index (χ4n) is 2.03. The number of anilines is 1. The molecule has 0 bridgehead atoms. The number of carbonyl (C=O) groups is 1. The van der Waals surface area contributed by atoms with Crippen LogP contribution in [0.25, 0.3) is 5.69 Å². The van der Waals surface area contributed by atoms with Crippen molar-refractivity contribution in [1.29, 1.82) is 0 Å². The number of nitrogens with one attached hydrogen (secondary N) is 1.